The Bertz CT molecular complexity index is 1380. The molecule has 8 nitrogen and oxygen atoms in total. The maximum Gasteiger partial charge on any atom is 0.269 e. The van der Waals surface area contributed by atoms with Gasteiger partial charge in [-0.05, 0) is 67.7 Å². The van der Waals surface area contributed by atoms with Crippen molar-refractivity contribution in [2.24, 2.45) is 10.8 Å². The number of imidazole rings is 1. The van der Waals surface area contributed by atoms with Crippen LogP contribution >= 0.6 is 11.3 Å². The third kappa shape index (κ3) is 5.14. The van der Waals surface area contributed by atoms with E-state index in [0.29, 0.717) is 16.9 Å². The van der Waals surface area contributed by atoms with Crippen molar-refractivity contribution in [3.63, 3.8) is 0 Å². The van der Waals surface area contributed by atoms with Crippen LogP contribution in [0.15, 0.2) is 37.1 Å². The third-order valence-corrected chi connectivity index (χ3v) is 9.27. The quantitative estimate of drug-likeness (QED) is 0.401. The van der Waals surface area contributed by atoms with Crippen LogP contribution in [0, 0.1) is 17.8 Å². The maximum atomic E-state index is 13.1. The fourth-order valence-corrected chi connectivity index (χ4v) is 6.30. The molecule has 3 heterocycles. The fraction of sp³-hybridized carbons (Fsp3) is 0.517. The molecule has 0 bridgehead atoms. The summed E-state index contributed by atoms with van der Waals surface area (Å²) in [6.45, 7) is 16.7. The number of amides is 2. The van der Waals surface area contributed by atoms with E-state index in [2.05, 4.69) is 72.7 Å². The van der Waals surface area contributed by atoms with Crippen LogP contribution in [-0.2, 0) is 11.3 Å². The lowest BCUT2D eigenvalue weighted by Crippen LogP contribution is -2.42. The molecule has 2 N–H and O–H groups in total. The minimum atomic E-state index is -0.189. The molecule has 1 atom stereocenters. The maximum absolute atomic E-state index is 13.1. The van der Waals surface area contributed by atoms with Crippen molar-refractivity contribution in [2.75, 3.05) is 18.4 Å². The number of thiazole rings is 1. The minimum absolute atomic E-state index is 0.00752. The molecule has 202 valence electrons. The molecule has 2 aliphatic rings. The summed E-state index contributed by atoms with van der Waals surface area (Å²) < 4.78 is 2.19. The minimum Gasteiger partial charge on any atom is -0.339 e. The highest BCUT2D eigenvalue weighted by atomic mass is 32.1. The van der Waals surface area contributed by atoms with E-state index in [-0.39, 0.29) is 28.7 Å². The molecule has 1 aliphatic carbocycles. The average Bonchev–Trinajstić information content (AvgIpc) is 3.57. The molecule has 1 aromatic carbocycles. The monoisotopic (exact) mass is 534 g/mol. The Kier molecular flexibility index (Phi) is 6.94. The van der Waals surface area contributed by atoms with Gasteiger partial charge in [0.05, 0.1) is 22.2 Å². The van der Waals surface area contributed by atoms with Crippen LogP contribution in [-0.4, -0.2) is 50.4 Å². The molecule has 1 spiro atoms. The Morgan fingerprint density at radius 1 is 1.32 bits per heavy atom. The number of nitrogens with zero attached hydrogens (tertiary/aromatic N) is 4. The van der Waals surface area contributed by atoms with Crippen molar-refractivity contribution in [1.82, 2.24) is 24.8 Å². The van der Waals surface area contributed by atoms with Gasteiger partial charge in [-0.15, -0.1) is 11.3 Å². The van der Waals surface area contributed by atoms with Gasteiger partial charge in [0.2, 0.25) is 11.9 Å². The second-order valence-corrected chi connectivity index (χ2v) is 13.3. The van der Waals surface area contributed by atoms with E-state index in [0.717, 1.165) is 60.5 Å². The van der Waals surface area contributed by atoms with Crippen molar-refractivity contribution in [3.05, 3.63) is 52.5 Å². The molecule has 2 amide bonds. The number of rotatable bonds is 7. The third-order valence-electron chi connectivity index (χ3n) is 8.36. The molecule has 0 radical (unpaired) electrons. The predicted molar refractivity (Wildman–Crippen MR) is 152 cm³/mol. The molecule has 0 unspecified atom stereocenters. The summed E-state index contributed by atoms with van der Waals surface area (Å²) >= 11 is 1.38. The van der Waals surface area contributed by atoms with Crippen LogP contribution < -0.4 is 10.6 Å². The molecule has 3 aromatic rings. The summed E-state index contributed by atoms with van der Waals surface area (Å²) in [5, 5.41) is 7.55. The molecular formula is C29H38N6O2S. The number of hydrogen-bond acceptors (Lipinski definition) is 6. The Morgan fingerprint density at radius 3 is 2.74 bits per heavy atom. The van der Waals surface area contributed by atoms with Gasteiger partial charge in [-0.25, -0.2) is 9.97 Å². The normalized spacial score (nSPS) is 22.0. The summed E-state index contributed by atoms with van der Waals surface area (Å²) in [4.78, 5) is 36.8. The fourth-order valence-electron chi connectivity index (χ4n) is 5.63. The van der Waals surface area contributed by atoms with E-state index in [1.807, 2.05) is 11.8 Å². The Morgan fingerprint density at radius 2 is 2.08 bits per heavy atom. The van der Waals surface area contributed by atoms with Crippen molar-refractivity contribution >= 4 is 40.1 Å². The van der Waals surface area contributed by atoms with Gasteiger partial charge in [0.25, 0.3) is 5.91 Å². The number of aromatic nitrogens is 3. The zero-order valence-electron chi connectivity index (χ0n) is 23.0. The average molecular weight is 535 g/mol. The van der Waals surface area contributed by atoms with Gasteiger partial charge in [-0.2, -0.15) is 0 Å². The van der Waals surface area contributed by atoms with Gasteiger partial charge < -0.3 is 14.8 Å². The number of fused-ring (bicyclic) bond motifs is 1. The second kappa shape index (κ2) is 9.93. The molecule has 5 rings (SSSR count). The van der Waals surface area contributed by atoms with Crippen LogP contribution in [0.2, 0.25) is 0 Å². The zero-order valence-corrected chi connectivity index (χ0v) is 23.8. The van der Waals surface area contributed by atoms with E-state index < -0.39 is 0 Å². The van der Waals surface area contributed by atoms with Gasteiger partial charge in [0, 0.05) is 31.7 Å². The first-order chi connectivity index (χ1) is 18.0. The van der Waals surface area contributed by atoms with E-state index in [1.54, 1.807) is 6.20 Å². The number of carbonyl (C=O) groups is 2. The molecule has 9 heteroatoms. The van der Waals surface area contributed by atoms with E-state index in [4.69, 9.17) is 4.98 Å². The number of anilines is 1. The summed E-state index contributed by atoms with van der Waals surface area (Å²) in [7, 11) is 0. The lowest BCUT2D eigenvalue weighted by atomic mass is 9.64. The zero-order chi connectivity index (χ0) is 27.2. The number of benzene rings is 1. The molecule has 1 saturated heterocycles. The predicted octanol–water partition coefficient (Wildman–Crippen LogP) is 5.32. The van der Waals surface area contributed by atoms with Gasteiger partial charge in [-0.1, -0.05) is 33.4 Å². The van der Waals surface area contributed by atoms with Gasteiger partial charge in [-0.3, -0.25) is 14.9 Å². The Hall–Kier alpha value is -3.04. The molecule has 1 aliphatic heterocycles. The first-order valence-electron chi connectivity index (χ1n) is 13.4. The van der Waals surface area contributed by atoms with Crippen molar-refractivity contribution < 1.29 is 9.59 Å². The number of nitrogens with one attached hydrogen (secondary N) is 2. The topological polar surface area (TPSA) is 92.2 Å². The lowest BCUT2D eigenvalue weighted by Gasteiger charge is -2.46. The number of hydrogen-bond donors (Lipinski definition) is 2. The van der Waals surface area contributed by atoms with Gasteiger partial charge >= 0.3 is 0 Å². The highest BCUT2D eigenvalue weighted by molar-refractivity contribution is 7.13. The van der Waals surface area contributed by atoms with E-state index in [9.17, 15) is 9.59 Å². The van der Waals surface area contributed by atoms with Crippen molar-refractivity contribution in [3.8, 4) is 0 Å². The van der Waals surface area contributed by atoms with Crippen LogP contribution in [0.5, 0.6) is 0 Å². The van der Waals surface area contributed by atoms with Gasteiger partial charge in [0.1, 0.15) is 4.88 Å². The smallest absolute Gasteiger partial charge is 0.269 e. The first-order valence-corrected chi connectivity index (χ1v) is 14.2. The number of carbonyl (C=O) groups excluding carboxylic acids is 2. The second-order valence-electron chi connectivity index (χ2n) is 12.1. The van der Waals surface area contributed by atoms with Gasteiger partial charge in [0.15, 0.2) is 0 Å². The van der Waals surface area contributed by atoms with E-state index >= 15 is 0 Å². The molecule has 38 heavy (non-hydrogen) atoms. The Labute approximate surface area is 228 Å². The lowest BCUT2D eigenvalue weighted by molar-refractivity contribution is -0.125. The van der Waals surface area contributed by atoms with Crippen molar-refractivity contribution in [1.29, 1.82) is 0 Å². The molecular weight excluding hydrogens is 496 g/mol. The standard InChI is InChI=1S/C29H38N6O2S/c1-7-25(36)34-11-10-29(17-34)13-21(14-29)35-23-9-8-20(15-30-18(2)28(4,5)6)12-22(23)32-27(35)33-26(37)24-16-31-19(3)38-24/h7-9,12,16,18,21,30H,1,10-11,13-15,17H2,2-6H3,(H,32,33,37)/t18-,21-,29-/m0/s1. The number of aryl methyl sites for hydroxylation is 1. The summed E-state index contributed by atoms with van der Waals surface area (Å²) in [5.41, 5.74) is 3.35. The summed E-state index contributed by atoms with van der Waals surface area (Å²) in [6, 6.07) is 6.96. The Balaban J connectivity index is 1.41. The SMILES string of the molecule is C=CC(=O)N1CC[C@]2(C1)C[C@H](n1c(NC(=O)c3cnc(C)s3)nc3cc(CN[C@@H](C)C(C)(C)C)ccc31)C2. The van der Waals surface area contributed by atoms with Crippen LogP contribution in [0.4, 0.5) is 5.95 Å². The highest BCUT2D eigenvalue weighted by Crippen LogP contribution is 2.55. The van der Waals surface area contributed by atoms with Crippen molar-refractivity contribution in [2.45, 2.75) is 72.5 Å². The van der Waals surface area contributed by atoms with Crippen LogP contribution in [0.3, 0.4) is 0 Å². The first kappa shape index (κ1) is 26.6. The highest BCUT2D eigenvalue weighted by Gasteiger charge is 2.50. The summed E-state index contributed by atoms with van der Waals surface area (Å²) in [5.74, 6) is 0.389. The molecule has 2 fully saturated rings. The summed E-state index contributed by atoms with van der Waals surface area (Å²) in [6.07, 6.45) is 5.93. The number of likely N-dealkylation sites (tertiary alicyclic amines) is 1. The molecule has 1 saturated carbocycles. The van der Waals surface area contributed by atoms with E-state index in [1.165, 1.54) is 17.4 Å². The van der Waals surface area contributed by atoms with Crippen LogP contribution in [0.25, 0.3) is 11.0 Å². The molecule has 2 aromatic heterocycles. The van der Waals surface area contributed by atoms with Crippen LogP contribution in [0.1, 0.15) is 73.2 Å². The largest absolute Gasteiger partial charge is 0.339 e.